The van der Waals surface area contributed by atoms with Crippen LogP contribution in [0.15, 0.2) is 48.0 Å². The van der Waals surface area contributed by atoms with Crippen molar-refractivity contribution in [1.29, 1.82) is 0 Å². The van der Waals surface area contributed by atoms with Crippen LogP contribution in [0.4, 0.5) is 0 Å². The Bertz CT molecular complexity index is 324. The van der Waals surface area contributed by atoms with Gasteiger partial charge in [-0.05, 0) is 18.4 Å². The number of nitrogens with zero attached hydrogens (tertiary/aromatic N) is 1. The summed E-state index contributed by atoms with van der Waals surface area (Å²) < 4.78 is 0. The van der Waals surface area contributed by atoms with Gasteiger partial charge in [-0.15, -0.1) is 6.58 Å². The van der Waals surface area contributed by atoms with Crippen LogP contribution in [0.3, 0.4) is 0 Å². The van der Waals surface area contributed by atoms with E-state index in [0.29, 0.717) is 6.04 Å². The molecule has 0 radical (unpaired) electrons. The van der Waals surface area contributed by atoms with E-state index in [0.717, 1.165) is 12.8 Å². The van der Waals surface area contributed by atoms with E-state index in [4.69, 9.17) is 0 Å². The fourth-order valence-electron chi connectivity index (χ4n) is 1.63. The first-order valence-electron chi connectivity index (χ1n) is 4.65. The van der Waals surface area contributed by atoms with Crippen molar-refractivity contribution in [3.8, 4) is 0 Å². The molecule has 0 saturated heterocycles. The van der Waals surface area contributed by atoms with Crippen molar-refractivity contribution in [1.82, 2.24) is 0 Å². The second kappa shape index (κ2) is 3.56. The molecule has 1 atom stereocenters. The molecule has 66 valence electrons. The second-order valence-corrected chi connectivity index (χ2v) is 3.28. The smallest absolute Gasteiger partial charge is 0.0684 e. The first-order chi connectivity index (χ1) is 6.40. The van der Waals surface area contributed by atoms with Gasteiger partial charge in [0.05, 0.1) is 6.04 Å². The van der Waals surface area contributed by atoms with Gasteiger partial charge in [-0.2, -0.15) is 0 Å². The molecule has 2 rings (SSSR count). The Morgan fingerprint density at radius 1 is 1.31 bits per heavy atom. The first-order valence-corrected chi connectivity index (χ1v) is 4.65. The van der Waals surface area contributed by atoms with Gasteiger partial charge in [0.15, 0.2) is 0 Å². The van der Waals surface area contributed by atoms with Crippen LogP contribution in [0.25, 0.3) is 0 Å². The molecule has 1 aromatic carbocycles. The average Bonchev–Trinajstić information content (AvgIpc) is 2.67. The lowest BCUT2D eigenvalue weighted by atomic mass is 10.1. The van der Waals surface area contributed by atoms with Crippen LogP contribution in [0.2, 0.25) is 0 Å². The highest BCUT2D eigenvalue weighted by Crippen LogP contribution is 2.18. The molecule has 0 amide bonds. The molecule has 13 heavy (non-hydrogen) atoms. The number of hydrogen-bond donors (Lipinski definition) is 0. The topological polar surface area (TPSA) is 12.4 Å². The van der Waals surface area contributed by atoms with Gasteiger partial charge >= 0.3 is 0 Å². The highest BCUT2D eigenvalue weighted by molar-refractivity contribution is 6.01. The molecule has 0 fully saturated rings. The van der Waals surface area contributed by atoms with Gasteiger partial charge in [0.25, 0.3) is 0 Å². The average molecular weight is 171 g/mol. The van der Waals surface area contributed by atoms with Crippen molar-refractivity contribution in [2.45, 2.75) is 18.9 Å². The Morgan fingerprint density at radius 3 is 2.69 bits per heavy atom. The molecular formula is C12H13N. The third-order valence-electron chi connectivity index (χ3n) is 2.38. The van der Waals surface area contributed by atoms with Crippen molar-refractivity contribution >= 4 is 5.71 Å². The predicted octanol–water partition coefficient (Wildman–Crippen LogP) is 2.82. The maximum Gasteiger partial charge on any atom is 0.0684 e. The van der Waals surface area contributed by atoms with Crippen molar-refractivity contribution in [2.75, 3.05) is 0 Å². The second-order valence-electron chi connectivity index (χ2n) is 3.28. The summed E-state index contributed by atoms with van der Waals surface area (Å²) in [5.41, 5.74) is 2.48. The molecule has 1 aromatic rings. The number of aliphatic imine (C=N–C) groups is 1. The Kier molecular flexibility index (Phi) is 2.26. The van der Waals surface area contributed by atoms with Crippen LogP contribution in [-0.2, 0) is 0 Å². The SMILES string of the molecule is C=CC1CCC(c2ccccc2)=N1. The zero-order valence-electron chi connectivity index (χ0n) is 7.61. The van der Waals surface area contributed by atoms with Crippen molar-refractivity contribution in [3.63, 3.8) is 0 Å². The summed E-state index contributed by atoms with van der Waals surface area (Å²) in [6.45, 7) is 3.76. The van der Waals surface area contributed by atoms with E-state index in [9.17, 15) is 0 Å². The van der Waals surface area contributed by atoms with Crippen molar-refractivity contribution in [2.24, 2.45) is 4.99 Å². The summed E-state index contributed by atoms with van der Waals surface area (Å²) in [5, 5.41) is 0. The molecule has 1 heteroatoms. The minimum absolute atomic E-state index is 0.343. The van der Waals surface area contributed by atoms with Crippen molar-refractivity contribution in [3.05, 3.63) is 48.6 Å². The first kappa shape index (κ1) is 8.24. The Labute approximate surface area is 78.8 Å². The van der Waals surface area contributed by atoms with E-state index < -0.39 is 0 Å². The summed E-state index contributed by atoms with van der Waals surface area (Å²) in [5.74, 6) is 0. The van der Waals surface area contributed by atoms with Crippen LogP contribution in [-0.4, -0.2) is 11.8 Å². The van der Waals surface area contributed by atoms with Gasteiger partial charge < -0.3 is 0 Å². The summed E-state index contributed by atoms with van der Waals surface area (Å²) in [6.07, 6.45) is 4.13. The maximum absolute atomic E-state index is 4.58. The van der Waals surface area contributed by atoms with Gasteiger partial charge in [0.2, 0.25) is 0 Å². The normalized spacial score (nSPS) is 21.2. The Balaban J connectivity index is 2.24. The fourth-order valence-corrected chi connectivity index (χ4v) is 1.63. The molecule has 0 aromatic heterocycles. The van der Waals surface area contributed by atoms with Crippen LogP contribution in [0.5, 0.6) is 0 Å². The molecule has 0 bridgehead atoms. The minimum Gasteiger partial charge on any atom is -0.282 e. The summed E-state index contributed by atoms with van der Waals surface area (Å²) in [7, 11) is 0. The highest BCUT2D eigenvalue weighted by Gasteiger charge is 2.14. The van der Waals surface area contributed by atoms with Gasteiger partial charge in [-0.3, -0.25) is 4.99 Å². The van der Waals surface area contributed by atoms with Crippen LogP contribution < -0.4 is 0 Å². The third-order valence-corrected chi connectivity index (χ3v) is 2.38. The number of hydrogen-bond acceptors (Lipinski definition) is 1. The van der Waals surface area contributed by atoms with Gasteiger partial charge in [-0.25, -0.2) is 0 Å². The van der Waals surface area contributed by atoms with E-state index >= 15 is 0 Å². The Hall–Kier alpha value is -1.37. The number of rotatable bonds is 2. The van der Waals surface area contributed by atoms with Crippen LogP contribution >= 0.6 is 0 Å². The summed E-state index contributed by atoms with van der Waals surface area (Å²) in [6, 6.07) is 10.7. The lowest BCUT2D eigenvalue weighted by Gasteiger charge is -1.97. The van der Waals surface area contributed by atoms with Crippen LogP contribution in [0.1, 0.15) is 18.4 Å². The molecule has 0 spiro atoms. The van der Waals surface area contributed by atoms with Gasteiger partial charge in [0.1, 0.15) is 0 Å². The minimum atomic E-state index is 0.343. The molecule has 1 heterocycles. The van der Waals surface area contributed by atoms with Crippen molar-refractivity contribution < 1.29 is 0 Å². The quantitative estimate of drug-likeness (QED) is 0.607. The van der Waals surface area contributed by atoms with E-state index in [2.05, 4.69) is 35.8 Å². The molecule has 1 nitrogen and oxygen atoms in total. The standard InChI is InChI=1S/C12H13N/c1-2-11-8-9-12(13-11)10-6-4-3-5-7-10/h2-7,11H,1,8-9H2. The summed E-state index contributed by atoms with van der Waals surface area (Å²) >= 11 is 0. The summed E-state index contributed by atoms with van der Waals surface area (Å²) in [4.78, 5) is 4.58. The third kappa shape index (κ3) is 1.69. The van der Waals surface area contributed by atoms with E-state index in [1.807, 2.05) is 12.1 Å². The lowest BCUT2D eigenvalue weighted by molar-refractivity contribution is 0.809. The lowest BCUT2D eigenvalue weighted by Crippen LogP contribution is -1.94. The van der Waals surface area contributed by atoms with Gasteiger partial charge in [-0.1, -0.05) is 36.4 Å². The number of benzene rings is 1. The van der Waals surface area contributed by atoms with E-state index in [-0.39, 0.29) is 0 Å². The molecule has 0 N–H and O–H groups in total. The largest absolute Gasteiger partial charge is 0.282 e. The molecule has 0 saturated carbocycles. The van der Waals surface area contributed by atoms with E-state index in [1.165, 1.54) is 11.3 Å². The van der Waals surface area contributed by atoms with E-state index in [1.54, 1.807) is 0 Å². The molecule has 1 aliphatic heterocycles. The zero-order valence-corrected chi connectivity index (χ0v) is 7.61. The zero-order chi connectivity index (χ0) is 9.10. The highest BCUT2D eigenvalue weighted by atomic mass is 14.8. The molecule has 1 unspecified atom stereocenters. The molecule has 1 aliphatic rings. The Morgan fingerprint density at radius 2 is 2.08 bits per heavy atom. The van der Waals surface area contributed by atoms with Crippen LogP contribution in [0, 0.1) is 0 Å². The monoisotopic (exact) mass is 171 g/mol. The predicted molar refractivity (Wildman–Crippen MR) is 56.2 cm³/mol. The molecule has 0 aliphatic carbocycles. The maximum atomic E-state index is 4.58. The van der Waals surface area contributed by atoms with Gasteiger partial charge in [0, 0.05) is 5.71 Å². The fraction of sp³-hybridized carbons (Fsp3) is 0.250. The molecular weight excluding hydrogens is 158 g/mol.